The van der Waals surface area contributed by atoms with Crippen molar-refractivity contribution < 1.29 is 23.1 Å². The molecule has 0 saturated carbocycles. The van der Waals surface area contributed by atoms with Crippen LogP contribution in [0.3, 0.4) is 0 Å². The monoisotopic (exact) mass is 349 g/mol. The van der Waals surface area contributed by atoms with Crippen molar-refractivity contribution >= 4 is 17.2 Å². The minimum Gasteiger partial charge on any atom is -0.472 e. The third-order valence-corrected chi connectivity index (χ3v) is 4.64. The van der Waals surface area contributed by atoms with Crippen molar-refractivity contribution in [2.45, 2.75) is 5.60 Å². The molecule has 2 heterocycles. The van der Waals surface area contributed by atoms with Gasteiger partial charge < -0.3 is 14.8 Å². The van der Waals surface area contributed by atoms with Crippen molar-refractivity contribution in [2.75, 3.05) is 6.54 Å². The number of carbonyl (C=O) groups excluding carboxylic acids is 1. The van der Waals surface area contributed by atoms with Crippen LogP contribution in [0.4, 0.5) is 8.78 Å². The molecular formula is C17H13F2NO3S. The van der Waals surface area contributed by atoms with Crippen molar-refractivity contribution in [3.8, 4) is 0 Å². The zero-order valence-corrected chi connectivity index (χ0v) is 13.1. The van der Waals surface area contributed by atoms with E-state index in [1.165, 1.54) is 29.9 Å². The number of hydrogen-bond acceptors (Lipinski definition) is 4. The van der Waals surface area contributed by atoms with Gasteiger partial charge in [0.25, 0.3) is 5.91 Å². The van der Waals surface area contributed by atoms with Gasteiger partial charge in [0, 0.05) is 16.0 Å². The van der Waals surface area contributed by atoms with Crippen LogP contribution in [0.15, 0.2) is 58.7 Å². The van der Waals surface area contributed by atoms with Crippen LogP contribution in [0.1, 0.15) is 20.8 Å². The van der Waals surface area contributed by atoms with E-state index in [2.05, 4.69) is 5.32 Å². The molecule has 0 saturated heterocycles. The molecule has 0 aliphatic heterocycles. The van der Waals surface area contributed by atoms with E-state index >= 15 is 0 Å². The lowest BCUT2D eigenvalue weighted by Crippen LogP contribution is -2.41. The van der Waals surface area contributed by atoms with Crippen LogP contribution >= 0.6 is 11.3 Å². The Morgan fingerprint density at radius 3 is 2.71 bits per heavy atom. The number of halogens is 2. The third kappa shape index (κ3) is 3.08. The largest absolute Gasteiger partial charge is 0.472 e. The Balaban J connectivity index is 1.82. The molecule has 2 aromatic heterocycles. The summed E-state index contributed by atoms with van der Waals surface area (Å²) < 4.78 is 31.2. The van der Waals surface area contributed by atoms with Crippen molar-refractivity contribution in [1.29, 1.82) is 0 Å². The zero-order chi connectivity index (χ0) is 17.2. The van der Waals surface area contributed by atoms with Gasteiger partial charge in [0.15, 0.2) is 11.6 Å². The van der Waals surface area contributed by atoms with Gasteiger partial charge in [-0.05, 0) is 35.7 Å². The van der Waals surface area contributed by atoms with Gasteiger partial charge in [-0.25, -0.2) is 8.78 Å². The van der Waals surface area contributed by atoms with Crippen molar-refractivity contribution in [3.05, 3.63) is 81.9 Å². The van der Waals surface area contributed by atoms with E-state index in [0.29, 0.717) is 10.4 Å². The highest BCUT2D eigenvalue weighted by molar-refractivity contribution is 7.10. The average molecular weight is 349 g/mol. The first-order valence-corrected chi connectivity index (χ1v) is 7.91. The van der Waals surface area contributed by atoms with Crippen LogP contribution < -0.4 is 5.32 Å². The second-order valence-electron chi connectivity index (χ2n) is 5.16. The SMILES string of the molecule is O=C(NCC(O)(c1ccoc1)c1cccs1)c1ccc(F)c(F)c1. The number of nitrogens with one attached hydrogen (secondary N) is 1. The molecule has 1 aromatic carbocycles. The van der Waals surface area contributed by atoms with Crippen LogP contribution in [-0.4, -0.2) is 17.6 Å². The minimum atomic E-state index is -1.48. The molecule has 0 aliphatic carbocycles. The molecule has 3 aromatic rings. The number of furan rings is 1. The summed E-state index contributed by atoms with van der Waals surface area (Å²) in [6.45, 7) is -0.148. The average Bonchev–Trinajstić information content (AvgIpc) is 3.28. The third-order valence-electron chi connectivity index (χ3n) is 3.61. The summed E-state index contributed by atoms with van der Waals surface area (Å²) in [7, 11) is 0. The number of hydrogen-bond donors (Lipinski definition) is 2. The summed E-state index contributed by atoms with van der Waals surface area (Å²) in [5.41, 5.74) is -1.03. The van der Waals surface area contributed by atoms with Crippen LogP contribution in [0.5, 0.6) is 0 Å². The molecule has 4 nitrogen and oxygen atoms in total. The van der Waals surface area contributed by atoms with E-state index < -0.39 is 23.1 Å². The van der Waals surface area contributed by atoms with E-state index in [4.69, 9.17) is 4.42 Å². The molecule has 124 valence electrons. The predicted molar refractivity (Wildman–Crippen MR) is 84.7 cm³/mol. The number of benzene rings is 1. The van der Waals surface area contributed by atoms with Crippen molar-refractivity contribution in [3.63, 3.8) is 0 Å². The van der Waals surface area contributed by atoms with Crippen molar-refractivity contribution in [1.82, 2.24) is 5.32 Å². The predicted octanol–water partition coefficient (Wildman–Crippen LogP) is 3.29. The molecular weight excluding hydrogens is 336 g/mol. The fraction of sp³-hybridized carbons (Fsp3) is 0.118. The van der Waals surface area contributed by atoms with Gasteiger partial charge in [-0.2, -0.15) is 0 Å². The number of carbonyl (C=O) groups is 1. The first-order chi connectivity index (χ1) is 11.5. The van der Waals surface area contributed by atoms with Gasteiger partial charge in [-0.15, -0.1) is 11.3 Å². The van der Waals surface area contributed by atoms with E-state index in [1.54, 1.807) is 23.6 Å². The second-order valence-corrected chi connectivity index (χ2v) is 6.11. The van der Waals surface area contributed by atoms with Gasteiger partial charge in [-0.1, -0.05) is 6.07 Å². The lowest BCUT2D eigenvalue weighted by molar-refractivity contribution is 0.0714. The van der Waals surface area contributed by atoms with Crippen molar-refractivity contribution in [2.24, 2.45) is 0 Å². The number of amides is 1. The van der Waals surface area contributed by atoms with Crippen LogP contribution in [-0.2, 0) is 5.60 Å². The standard InChI is InChI=1S/C17H13F2NO3S/c18-13-4-3-11(8-14(13)19)16(21)20-10-17(22,12-5-6-23-9-12)15-2-1-7-24-15/h1-9,22H,10H2,(H,20,21). The van der Waals surface area contributed by atoms with Gasteiger partial charge in [0.2, 0.25) is 0 Å². The summed E-state index contributed by atoms with van der Waals surface area (Å²) in [6.07, 6.45) is 2.81. The smallest absolute Gasteiger partial charge is 0.251 e. The molecule has 1 unspecified atom stereocenters. The maximum Gasteiger partial charge on any atom is 0.251 e. The van der Waals surface area contributed by atoms with Gasteiger partial charge >= 0.3 is 0 Å². The Hall–Kier alpha value is -2.51. The Bertz CT molecular complexity index is 797. The number of rotatable bonds is 5. The molecule has 7 heteroatoms. The van der Waals surface area contributed by atoms with Gasteiger partial charge in [0.05, 0.1) is 19.1 Å². The molecule has 0 bridgehead atoms. The lowest BCUT2D eigenvalue weighted by atomic mass is 9.94. The highest BCUT2D eigenvalue weighted by Gasteiger charge is 2.34. The fourth-order valence-electron chi connectivity index (χ4n) is 2.29. The first-order valence-electron chi connectivity index (χ1n) is 7.03. The summed E-state index contributed by atoms with van der Waals surface area (Å²) in [5, 5.41) is 15.4. The zero-order valence-electron chi connectivity index (χ0n) is 12.3. The van der Waals surface area contributed by atoms with E-state index in [1.807, 2.05) is 0 Å². The molecule has 0 radical (unpaired) electrons. The van der Waals surface area contributed by atoms with Crippen LogP contribution in [0.25, 0.3) is 0 Å². The highest BCUT2D eigenvalue weighted by atomic mass is 32.1. The summed E-state index contributed by atoms with van der Waals surface area (Å²) in [5.74, 6) is -2.75. The summed E-state index contributed by atoms with van der Waals surface area (Å²) in [6, 6.07) is 7.99. The van der Waals surface area contributed by atoms with E-state index in [0.717, 1.165) is 12.1 Å². The number of thiophene rings is 1. The van der Waals surface area contributed by atoms with Gasteiger partial charge in [-0.3, -0.25) is 4.79 Å². The molecule has 0 aliphatic rings. The fourth-order valence-corrected chi connectivity index (χ4v) is 3.14. The molecule has 24 heavy (non-hydrogen) atoms. The molecule has 3 rings (SSSR count). The Labute approximate surface area is 140 Å². The van der Waals surface area contributed by atoms with Gasteiger partial charge in [0.1, 0.15) is 5.60 Å². The Morgan fingerprint density at radius 2 is 2.08 bits per heavy atom. The topological polar surface area (TPSA) is 62.5 Å². The van der Waals surface area contributed by atoms with E-state index in [-0.39, 0.29) is 12.1 Å². The quantitative estimate of drug-likeness (QED) is 0.743. The normalized spacial score (nSPS) is 13.5. The minimum absolute atomic E-state index is 0.0328. The Kier molecular flexibility index (Phi) is 4.46. The maximum absolute atomic E-state index is 13.2. The highest BCUT2D eigenvalue weighted by Crippen LogP contribution is 2.32. The molecule has 1 amide bonds. The lowest BCUT2D eigenvalue weighted by Gasteiger charge is -2.26. The maximum atomic E-state index is 13.2. The van der Waals surface area contributed by atoms with Crippen LogP contribution in [0, 0.1) is 11.6 Å². The van der Waals surface area contributed by atoms with Crippen LogP contribution in [0.2, 0.25) is 0 Å². The first kappa shape index (κ1) is 16.4. The second kappa shape index (κ2) is 6.54. The molecule has 0 spiro atoms. The van der Waals surface area contributed by atoms with E-state index in [9.17, 15) is 18.7 Å². The summed E-state index contributed by atoms with van der Waals surface area (Å²) in [4.78, 5) is 12.8. The molecule has 2 N–H and O–H groups in total. The Morgan fingerprint density at radius 1 is 1.25 bits per heavy atom. The number of aliphatic hydroxyl groups is 1. The summed E-state index contributed by atoms with van der Waals surface area (Å²) >= 11 is 1.33. The molecule has 0 fully saturated rings. The molecule has 1 atom stereocenters.